The van der Waals surface area contributed by atoms with Gasteiger partial charge in [-0.15, -0.1) is 0 Å². The molecule has 1 saturated carbocycles. The minimum atomic E-state index is -2.02. The number of methoxy groups -OCH3 is 1. The Balaban J connectivity index is 1.12. The zero-order chi connectivity index (χ0) is 55.8. The molecule has 9 atom stereocenters. The molecule has 0 radical (unpaired) electrons. The molecule has 422 valence electrons. The Morgan fingerprint density at radius 3 is 2.14 bits per heavy atom. The SMILES string of the molecule is CO[C@H]1/C=C/O[C@@]2(C)Oc3c(C)c(O)c4c(O)c(c5c(c4c3C2=O)=NC2(CCN(CC(C)C)CC2)N=5)NC(=O)/C(C)=C\C=C\[C@H](C)[C@H](O)[C@@H](C)[C@@H](O)[C@@H](C)[C@H](OC(=O)CC(=O)N2CCC(OC3CCC(C)CC3)CC2)[C@@H]1C. The van der Waals surface area contributed by atoms with Gasteiger partial charge in [-0.1, -0.05) is 66.7 Å². The number of Topliss-reactive ketones (excluding diaryl/α,β-unsaturated/α-hetero) is 1. The van der Waals surface area contributed by atoms with Crippen molar-refractivity contribution in [3.8, 4) is 17.2 Å². The van der Waals surface area contributed by atoms with Crippen molar-refractivity contribution >= 4 is 40.0 Å². The van der Waals surface area contributed by atoms with Gasteiger partial charge < -0.3 is 59.2 Å². The maximum absolute atomic E-state index is 15.0. The van der Waals surface area contributed by atoms with Crippen LogP contribution in [0.25, 0.3) is 10.8 Å². The Hall–Kier alpha value is -5.40. The lowest BCUT2D eigenvalue weighted by atomic mass is 9.78. The third kappa shape index (κ3) is 12.0. The predicted molar refractivity (Wildman–Crippen MR) is 289 cm³/mol. The summed E-state index contributed by atoms with van der Waals surface area (Å²) in [6.45, 7) is 21.3. The van der Waals surface area contributed by atoms with Gasteiger partial charge in [0.05, 0.1) is 53.1 Å². The van der Waals surface area contributed by atoms with E-state index in [4.69, 9.17) is 33.7 Å². The number of allylic oxidation sites excluding steroid dienone is 2. The summed E-state index contributed by atoms with van der Waals surface area (Å²) in [6.07, 6.45) is 9.96. The van der Waals surface area contributed by atoms with Gasteiger partial charge in [-0.25, -0.2) is 0 Å². The van der Waals surface area contributed by atoms with E-state index in [2.05, 4.69) is 31.0 Å². The number of nitrogens with zero attached hydrogens (tertiary/aromatic N) is 4. The van der Waals surface area contributed by atoms with Gasteiger partial charge in [0.2, 0.25) is 5.91 Å². The first-order chi connectivity index (χ1) is 36.5. The molecular weight excluding hydrogens is 987 g/mol. The van der Waals surface area contributed by atoms with Crippen molar-refractivity contribution in [2.45, 2.75) is 175 Å². The van der Waals surface area contributed by atoms with Gasteiger partial charge in [0, 0.05) is 99.8 Å². The first-order valence-electron chi connectivity index (χ1n) is 28.0. The zero-order valence-electron chi connectivity index (χ0n) is 47.0. The quantitative estimate of drug-likeness (QED) is 0.105. The third-order valence-corrected chi connectivity index (χ3v) is 17.3. The number of ketones is 1. The summed E-state index contributed by atoms with van der Waals surface area (Å²) in [5.41, 5.74) is -0.685. The highest BCUT2D eigenvalue weighted by molar-refractivity contribution is 6.19. The molecule has 5 N–H and O–H groups in total. The number of carbonyl (C=O) groups is 4. The Bertz CT molecular complexity index is 2790. The maximum atomic E-state index is 15.0. The number of amides is 2. The lowest BCUT2D eigenvalue weighted by molar-refractivity contribution is -0.166. The Labute approximate surface area is 452 Å². The first-order valence-corrected chi connectivity index (χ1v) is 28.0. The molecule has 77 heavy (non-hydrogen) atoms. The second-order valence-electron chi connectivity index (χ2n) is 23.6. The number of aliphatic hydroxyl groups is 2. The van der Waals surface area contributed by atoms with Crippen molar-refractivity contribution in [2.75, 3.05) is 45.2 Å². The number of aromatic hydroxyl groups is 2. The summed E-state index contributed by atoms with van der Waals surface area (Å²) in [6, 6.07) is 0. The topological polar surface area (TPSA) is 239 Å². The molecule has 5 bridgehead atoms. The normalized spacial score (nSPS) is 32.9. The highest BCUT2D eigenvalue weighted by Gasteiger charge is 2.50. The number of fused-ring (bicyclic) bond motifs is 13. The number of phenolic OH excluding ortho intramolecular Hbond substituents is 2. The third-order valence-electron chi connectivity index (χ3n) is 17.3. The second-order valence-corrected chi connectivity index (χ2v) is 23.6. The van der Waals surface area contributed by atoms with Crippen LogP contribution in [0.2, 0.25) is 0 Å². The molecule has 18 heteroatoms. The van der Waals surface area contributed by atoms with Gasteiger partial charge >= 0.3 is 11.8 Å². The lowest BCUT2D eigenvalue weighted by Crippen LogP contribution is -2.47. The number of rotatable bonds is 8. The van der Waals surface area contributed by atoms with E-state index >= 15 is 0 Å². The van der Waals surface area contributed by atoms with Gasteiger partial charge in [-0.05, 0) is 70.3 Å². The van der Waals surface area contributed by atoms with Crippen LogP contribution in [0.4, 0.5) is 5.69 Å². The van der Waals surface area contributed by atoms with Gasteiger partial charge in [0.25, 0.3) is 11.7 Å². The van der Waals surface area contributed by atoms with Crippen molar-refractivity contribution in [3.63, 3.8) is 0 Å². The van der Waals surface area contributed by atoms with Crippen molar-refractivity contribution in [1.82, 2.24) is 9.80 Å². The van der Waals surface area contributed by atoms with Crippen LogP contribution in [0, 0.1) is 42.4 Å². The van der Waals surface area contributed by atoms with Gasteiger partial charge in [-0.3, -0.25) is 29.2 Å². The Kier molecular flexibility index (Phi) is 17.6. The minimum absolute atomic E-state index is 0.0119. The molecule has 6 aliphatic heterocycles. The molecule has 9 rings (SSSR count). The van der Waals surface area contributed by atoms with Crippen LogP contribution in [0.15, 0.2) is 46.1 Å². The smallest absolute Gasteiger partial charge is 0.315 e. The van der Waals surface area contributed by atoms with Crippen LogP contribution in [-0.4, -0.2) is 142 Å². The lowest BCUT2D eigenvalue weighted by Gasteiger charge is -2.38. The van der Waals surface area contributed by atoms with Gasteiger partial charge in [-0.2, -0.15) is 0 Å². The number of ether oxygens (including phenoxy) is 5. The number of hydrogen-bond acceptors (Lipinski definition) is 16. The molecule has 3 fully saturated rings. The number of piperidine rings is 2. The molecule has 0 aromatic heterocycles. The highest BCUT2D eigenvalue weighted by atomic mass is 16.7. The van der Waals surface area contributed by atoms with E-state index < -0.39 is 95.1 Å². The predicted octanol–water partition coefficient (Wildman–Crippen LogP) is 6.71. The van der Waals surface area contributed by atoms with Crippen molar-refractivity contribution in [1.29, 1.82) is 0 Å². The zero-order valence-corrected chi connectivity index (χ0v) is 47.0. The molecular formula is C59H83N5O13. The number of phenols is 2. The van der Waals surface area contributed by atoms with E-state index in [-0.39, 0.29) is 67.7 Å². The van der Waals surface area contributed by atoms with Crippen molar-refractivity contribution < 1.29 is 63.3 Å². The van der Waals surface area contributed by atoms with Crippen LogP contribution in [0.1, 0.15) is 136 Å². The molecule has 1 aliphatic carbocycles. The summed E-state index contributed by atoms with van der Waals surface area (Å²) in [4.78, 5) is 71.1. The van der Waals surface area contributed by atoms with Crippen molar-refractivity contribution in [2.24, 2.45) is 45.5 Å². The number of carbonyl (C=O) groups excluding carboxylic acids is 4. The number of aliphatic hydroxyl groups excluding tert-OH is 2. The van der Waals surface area contributed by atoms with E-state index in [9.17, 15) is 39.6 Å². The molecule has 2 amide bonds. The molecule has 2 saturated heterocycles. The summed E-state index contributed by atoms with van der Waals surface area (Å²) in [7, 11) is 1.45. The summed E-state index contributed by atoms with van der Waals surface area (Å²) in [5.74, 6) is -6.97. The Morgan fingerprint density at radius 1 is 0.844 bits per heavy atom. The fourth-order valence-corrected chi connectivity index (χ4v) is 12.3. The van der Waals surface area contributed by atoms with E-state index in [1.165, 1.54) is 26.4 Å². The number of esters is 1. The molecule has 7 aliphatic rings. The Morgan fingerprint density at radius 2 is 1.49 bits per heavy atom. The van der Waals surface area contributed by atoms with Crippen molar-refractivity contribution in [3.05, 3.63) is 58.0 Å². The average Bonchev–Trinajstić information content (AvgIpc) is 4.05. The molecule has 18 nitrogen and oxygen atoms in total. The number of nitrogens with one attached hydrogen (secondary N) is 1. The van der Waals surface area contributed by atoms with E-state index in [0.29, 0.717) is 63.7 Å². The number of benzene rings is 2. The molecule has 1 spiro atoms. The largest absolute Gasteiger partial charge is 0.507 e. The number of anilines is 1. The average molecular weight is 1070 g/mol. The summed E-state index contributed by atoms with van der Waals surface area (Å²) < 4.78 is 31.2. The minimum Gasteiger partial charge on any atom is -0.507 e. The standard InChI is InChI=1S/C59H83N5O13/c1-31(2)30-63-26-22-59(23-27-63)61-47-44-45-52(69)38(9)55-46(44)56(71)58(10,77-55)74-28-21-41(73-11)35(6)54(76-43(66)29-42(65)64-24-19-40(20-25-64)75-39-17-15-32(3)16-18-39)37(8)51(68)36(7)50(67)33(4)13-12-14-34(5)57(72)60-49(53(45)70)48(47)62-59/h12-14,21,28,31-33,35-37,39-41,50-51,54,67-70H,15-20,22-27,29-30H2,1-11H3,(H,60,72)/b13-12+,28-21+,34-14-/t32?,33-,35+,36+,37+,39?,41-,50-,51+,54+,58-/m0/s1. The van der Waals surface area contributed by atoms with Gasteiger partial charge in [0.1, 0.15) is 35.1 Å². The van der Waals surface area contributed by atoms with E-state index in [1.807, 2.05) is 0 Å². The molecule has 0 unspecified atom stereocenters. The summed E-state index contributed by atoms with van der Waals surface area (Å²) in [5, 5.41) is 51.2. The summed E-state index contributed by atoms with van der Waals surface area (Å²) >= 11 is 0. The van der Waals surface area contributed by atoms with E-state index in [0.717, 1.165) is 32.2 Å². The van der Waals surface area contributed by atoms with Gasteiger partial charge in [0.15, 0.2) is 11.4 Å². The second kappa shape index (κ2) is 23.5. The number of likely N-dealkylation sites (tertiary alicyclic amines) is 2. The monoisotopic (exact) mass is 1070 g/mol. The fraction of sp³-hybridized carbons (Fsp3) is 0.661. The first kappa shape index (κ1) is 57.8. The molecule has 6 heterocycles. The van der Waals surface area contributed by atoms with E-state index in [1.54, 1.807) is 64.7 Å². The van der Waals surface area contributed by atoms with Crippen LogP contribution < -0.4 is 20.8 Å². The molecule has 2 aromatic rings. The maximum Gasteiger partial charge on any atom is 0.315 e. The van der Waals surface area contributed by atoms with Crippen LogP contribution in [0.5, 0.6) is 17.2 Å². The fourth-order valence-electron chi connectivity index (χ4n) is 12.3. The molecule has 2 aromatic carbocycles. The number of hydrogen-bond donors (Lipinski definition) is 5. The van der Waals surface area contributed by atoms with Crippen LogP contribution >= 0.6 is 0 Å². The highest BCUT2D eigenvalue weighted by Crippen LogP contribution is 2.50. The van der Waals surface area contributed by atoms with Crippen LogP contribution in [0.3, 0.4) is 0 Å². The van der Waals surface area contributed by atoms with Crippen LogP contribution in [-0.2, 0) is 33.3 Å².